The number of likely N-dealkylation sites (tertiary alicyclic amines) is 1. The molecule has 0 aromatic heterocycles. The van der Waals surface area contributed by atoms with Crippen LogP contribution in [-0.2, 0) is 4.74 Å². The van der Waals surface area contributed by atoms with E-state index >= 15 is 0 Å². The van der Waals surface area contributed by atoms with E-state index in [2.05, 4.69) is 5.32 Å². The zero-order chi connectivity index (χ0) is 15.1. The first kappa shape index (κ1) is 15.8. The lowest BCUT2D eigenvalue weighted by molar-refractivity contribution is 0.0780. The number of carbonyl (C=O) groups is 1. The minimum absolute atomic E-state index is 0.0571. The Labute approximate surface area is 126 Å². The zero-order valence-corrected chi connectivity index (χ0v) is 12.8. The zero-order valence-electron chi connectivity index (χ0n) is 12.8. The summed E-state index contributed by atoms with van der Waals surface area (Å²) in [6.45, 7) is 3.54. The molecule has 5 nitrogen and oxygen atoms in total. The summed E-state index contributed by atoms with van der Waals surface area (Å²) in [5.41, 5.74) is 0.638. The molecule has 1 N–H and O–H groups in total. The summed E-state index contributed by atoms with van der Waals surface area (Å²) >= 11 is 0. The minimum atomic E-state index is 0.0571. The monoisotopic (exact) mass is 292 g/mol. The average molecular weight is 292 g/mol. The van der Waals surface area contributed by atoms with E-state index in [1.165, 1.54) is 0 Å². The van der Waals surface area contributed by atoms with E-state index < -0.39 is 0 Å². The predicted molar refractivity (Wildman–Crippen MR) is 81.8 cm³/mol. The molecule has 0 spiro atoms. The Balaban J connectivity index is 2.02. The van der Waals surface area contributed by atoms with Crippen LogP contribution in [0.3, 0.4) is 0 Å². The van der Waals surface area contributed by atoms with Gasteiger partial charge in [0.05, 0.1) is 12.2 Å². The molecule has 1 heterocycles. The van der Waals surface area contributed by atoms with Crippen molar-refractivity contribution in [2.45, 2.75) is 6.42 Å². The number of benzene rings is 1. The lowest BCUT2D eigenvalue weighted by Gasteiger charge is -2.18. The molecule has 1 saturated heterocycles. The van der Waals surface area contributed by atoms with Gasteiger partial charge in [0, 0.05) is 20.2 Å². The van der Waals surface area contributed by atoms with Gasteiger partial charge in [-0.15, -0.1) is 0 Å². The molecule has 0 bridgehead atoms. The topological polar surface area (TPSA) is 50.8 Å². The van der Waals surface area contributed by atoms with E-state index in [9.17, 15) is 4.79 Å². The van der Waals surface area contributed by atoms with E-state index in [1.807, 2.05) is 36.2 Å². The molecule has 2 rings (SSSR count). The predicted octanol–water partition coefficient (Wildman–Crippen LogP) is 1.39. The van der Waals surface area contributed by atoms with Gasteiger partial charge in [-0.2, -0.15) is 0 Å². The number of para-hydroxylation sites is 1. The van der Waals surface area contributed by atoms with Crippen molar-refractivity contribution in [2.75, 3.05) is 47.0 Å². The van der Waals surface area contributed by atoms with E-state index in [1.54, 1.807) is 7.11 Å². The Morgan fingerprint density at radius 1 is 1.38 bits per heavy atom. The van der Waals surface area contributed by atoms with E-state index in [0.29, 0.717) is 30.4 Å². The van der Waals surface area contributed by atoms with Crippen LogP contribution in [0.4, 0.5) is 0 Å². The highest BCUT2D eigenvalue weighted by Crippen LogP contribution is 2.23. The summed E-state index contributed by atoms with van der Waals surface area (Å²) in [7, 11) is 3.58. The number of ether oxygens (including phenoxy) is 2. The fourth-order valence-electron chi connectivity index (χ4n) is 2.65. The van der Waals surface area contributed by atoms with Gasteiger partial charge in [0.15, 0.2) is 0 Å². The highest BCUT2D eigenvalue weighted by atomic mass is 16.5. The quantitative estimate of drug-likeness (QED) is 0.772. The molecule has 21 heavy (non-hydrogen) atoms. The second-order valence-corrected chi connectivity index (χ2v) is 5.30. The van der Waals surface area contributed by atoms with Gasteiger partial charge in [0.1, 0.15) is 12.4 Å². The molecule has 1 amide bonds. The van der Waals surface area contributed by atoms with Crippen LogP contribution < -0.4 is 10.1 Å². The fourth-order valence-corrected chi connectivity index (χ4v) is 2.65. The number of nitrogens with zero attached hydrogens (tertiary/aromatic N) is 1. The summed E-state index contributed by atoms with van der Waals surface area (Å²) < 4.78 is 10.6. The molecule has 1 fully saturated rings. The van der Waals surface area contributed by atoms with Gasteiger partial charge in [0.2, 0.25) is 0 Å². The molecule has 1 aromatic rings. The van der Waals surface area contributed by atoms with Gasteiger partial charge in [-0.25, -0.2) is 0 Å². The van der Waals surface area contributed by atoms with E-state index in [4.69, 9.17) is 9.47 Å². The molecule has 0 unspecified atom stereocenters. The smallest absolute Gasteiger partial charge is 0.257 e. The number of hydrogen-bond acceptors (Lipinski definition) is 4. The SMILES string of the molecule is CNC[C@@H]1CCN(C(=O)c2ccccc2OCCOC)C1. The first-order valence-corrected chi connectivity index (χ1v) is 7.41. The highest BCUT2D eigenvalue weighted by Gasteiger charge is 2.27. The Hall–Kier alpha value is -1.59. The number of hydrogen-bond donors (Lipinski definition) is 1. The van der Waals surface area contributed by atoms with Crippen molar-refractivity contribution in [1.82, 2.24) is 10.2 Å². The van der Waals surface area contributed by atoms with Gasteiger partial charge in [-0.05, 0) is 38.1 Å². The van der Waals surface area contributed by atoms with Crippen LogP contribution in [-0.4, -0.2) is 57.8 Å². The van der Waals surface area contributed by atoms with Crippen molar-refractivity contribution in [2.24, 2.45) is 5.92 Å². The normalized spacial score (nSPS) is 18.0. The van der Waals surface area contributed by atoms with Crippen molar-refractivity contribution in [1.29, 1.82) is 0 Å². The summed E-state index contributed by atoms with van der Waals surface area (Å²) in [4.78, 5) is 14.6. The largest absolute Gasteiger partial charge is 0.490 e. The lowest BCUT2D eigenvalue weighted by atomic mass is 10.1. The highest BCUT2D eigenvalue weighted by molar-refractivity contribution is 5.97. The third-order valence-electron chi connectivity index (χ3n) is 3.73. The number of rotatable bonds is 7. The molecule has 5 heteroatoms. The van der Waals surface area contributed by atoms with Crippen LogP contribution in [0.2, 0.25) is 0 Å². The van der Waals surface area contributed by atoms with Gasteiger partial charge in [-0.1, -0.05) is 12.1 Å². The molecular formula is C16H24N2O3. The molecule has 1 aliphatic heterocycles. The summed E-state index contributed by atoms with van der Waals surface area (Å²) in [5, 5.41) is 3.18. The maximum Gasteiger partial charge on any atom is 0.257 e. The molecule has 0 radical (unpaired) electrons. The van der Waals surface area contributed by atoms with Crippen LogP contribution in [0.1, 0.15) is 16.8 Å². The van der Waals surface area contributed by atoms with Crippen LogP contribution >= 0.6 is 0 Å². The molecular weight excluding hydrogens is 268 g/mol. The van der Waals surface area contributed by atoms with Crippen molar-refractivity contribution in [3.05, 3.63) is 29.8 Å². The van der Waals surface area contributed by atoms with Gasteiger partial charge < -0.3 is 19.7 Å². The van der Waals surface area contributed by atoms with Gasteiger partial charge in [-0.3, -0.25) is 4.79 Å². The number of methoxy groups -OCH3 is 1. The third-order valence-corrected chi connectivity index (χ3v) is 3.73. The molecule has 1 atom stereocenters. The summed E-state index contributed by atoms with van der Waals surface area (Å²) in [5.74, 6) is 1.23. The standard InChI is InChI=1S/C16H24N2O3/c1-17-11-13-7-8-18(12-13)16(19)14-5-3-4-6-15(14)21-10-9-20-2/h3-6,13,17H,7-12H2,1-2H3/t13-/m0/s1. The Kier molecular flexibility index (Phi) is 6.02. The summed E-state index contributed by atoms with van der Waals surface area (Å²) in [6, 6.07) is 7.42. The fraction of sp³-hybridized carbons (Fsp3) is 0.562. The van der Waals surface area contributed by atoms with Gasteiger partial charge in [0.25, 0.3) is 5.91 Å². The first-order chi connectivity index (χ1) is 10.3. The van der Waals surface area contributed by atoms with Crippen molar-refractivity contribution in [3.63, 3.8) is 0 Å². The van der Waals surface area contributed by atoms with Crippen molar-refractivity contribution in [3.8, 4) is 5.75 Å². The number of amides is 1. The molecule has 1 aromatic carbocycles. The van der Waals surface area contributed by atoms with E-state index in [0.717, 1.165) is 26.1 Å². The maximum absolute atomic E-state index is 12.6. The molecule has 0 aliphatic carbocycles. The van der Waals surface area contributed by atoms with Crippen molar-refractivity contribution >= 4 is 5.91 Å². The number of carbonyl (C=O) groups excluding carboxylic acids is 1. The molecule has 1 aliphatic rings. The second-order valence-electron chi connectivity index (χ2n) is 5.30. The van der Waals surface area contributed by atoms with Crippen LogP contribution in [0.25, 0.3) is 0 Å². The van der Waals surface area contributed by atoms with Crippen LogP contribution in [0.5, 0.6) is 5.75 Å². The van der Waals surface area contributed by atoms with E-state index in [-0.39, 0.29) is 5.91 Å². The molecule has 0 saturated carbocycles. The Morgan fingerprint density at radius 3 is 2.95 bits per heavy atom. The summed E-state index contributed by atoms with van der Waals surface area (Å²) in [6.07, 6.45) is 1.05. The third kappa shape index (κ3) is 4.19. The average Bonchev–Trinajstić information content (AvgIpc) is 2.96. The minimum Gasteiger partial charge on any atom is -0.490 e. The Bertz CT molecular complexity index is 465. The number of nitrogens with one attached hydrogen (secondary N) is 1. The maximum atomic E-state index is 12.6. The van der Waals surface area contributed by atoms with Crippen LogP contribution in [0, 0.1) is 5.92 Å². The second kappa shape index (κ2) is 8.00. The first-order valence-electron chi connectivity index (χ1n) is 7.41. The lowest BCUT2D eigenvalue weighted by Crippen LogP contribution is -2.30. The van der Waals surface area contributed by atoms with Crippen LogP contribution in [0.15, 0.2) is 24.3 Å². The Morgan fingerprint density at radius 2 is 2.19 bits per heavy atom. The molecule has 116 valence electrons. The van der Waals surface area contributed by atoms with Crippen molar-refractivity contribution < 1.29 is 14.3 Å². The van der Waals surface area contributed by atoms with Gasteiger partial charge >= 0.3 is 0 Å².